The Labute approximate surface area is 114 Å². The summed E-state index contributed by atoms with van der Waals surface area (Å²) >= 11 is 0. The zero-order valence-corrected chi connectivity index (χ0v) is 11.3. The van der Waals surface area contributed by atoms with Gasteiger partial charge in [0.25, 0.3) is 0 Å². The number of aromatic nitrogens is 4. The SMILES string of the molecule is CCn1ccc(CNCc2cn(C)nc2C(F)(F)F)n1. The molecule has 2 aromatic rings. The molecule has 0 aromatic carbocycles. The van der Waals surface area contributed by atoms with Crippen molar-refractivity contribution in [2.45, 2.75) is 32.7 Å². The van der Waals surface area contributed by atoms with Gasteiger partial charge in [-0.25, -0.2) is 0 Å². The number of hydrogen-bond donors (Lipinski definition) is 1. The zero-order valence-electron chi connectivity index (χ0n) is 11.3. The first-order valence-electron chi connectivity index (χ1n) is 6.23. The second-order valence-electron chi connectivity index (χ2n) is 4.44. The highest BCUT2D eigenvalue weighted by atomic mass is 19.4. The number of alkyl halides is 3. The molecule has 0 saturated heterocycles. The largest absolute Gasteiger partial charge is 0.435 e. The average Bonchev–Trinajstić information content (AvgIpc) is 2.95. The molecule has 0 saturated carbocycles. The molecule has 0 fully saturated rings. The Morgan fingerprint density at radius 2 is 2.00 bits per heavy atom. The molecule has 2 aromatic heterocycles. The number of nitrogens with zero attached hydrogens (tertiary/aromatic N) is 4. The van der Waals surface area contributed by atoms with Crippen molar-refractivity contribution < 1.29 is 13.2 Å². The maximum Gasteiger partial charge on any atom is 0.435 e. The Morgan fingerprint density at radius 3 is 2.60 bits per heavy atom. The summed E-state index contributed by atoms with van der Waals surface area (Å²) in [6.45, 7) is 3.25. The van der Waals surface area contributed by atoms with Crippen LogP contribution in [0.15, 0.2) is 18.5 Å². The van der Waals surface area contributed by atoms with E-state index < -0.39 is 11.9 Å². The molecule has 5 nitrogen and oxygen atoms in total. The summed E-state index contributed by atoms with van der Waals surface area (Å²) in [4.78, 5) is 0. The zero-order chi connectivity index (χ0) is 14.8. The first-order chi connectivity index (χ1) is 9.40. The van der Waals surface area contributed by atoms with Crippen molar-refractivity contribution >= 4 is 0 Å². The molecule has 1 N–H and O–H groups in total. The summed E-state index contributed by atoms with van der Waals surface area (Å²) in [5.41, 5.74) is 0.0887. The van der Waals surface area contributed by atoms with Crippen LogP contribution in [0.3, 0.4) is 0 Å². The Hall–Kier alpha value is -1.83. The molecule has 8 heteroatoms. The lowest BCUT2D eigenvalue weighted by Gasteiger charge is -2.06. The van der Waals surface area contributed by atoms with E-state index in [0.717, 1.165) is 12.2 Å². The molecular formula is C12H16F3N5. The first kappa shape index (κ1) is 14.6. The minimum absolute atomic E-state index is 0.0989. The Bertz CT molecular complexity index is 570. The van der Waals surface area contributed by atoms with Crippen molar-refractivity contribution in [2.24, 2.45) is 7.05 Å². The normalized spacial score (nSPS) is 12.1. The number of nitrogens with one attached hydrogen (secondary N) is 1. The average molecular weight is 287 g/mol. The van der Waals surface area contributed by atoms with E-state index in [4.69, 9.17) is 0 Å². The van der Waals surface area contributed by atoms with Crippen molar-refractivity contribution in [1.29, 1.82) is 0 Å². The summed E-state index contributed by atoms with van der Waals surface area (Å²) in [5, 5.41) is 10.7. The van der Waals surface area contributed by atoms with Gasteiger partial charge >= 0.3 is 6.18 Å². The molecule has 0 aliphatic rings. The van der Waals surface area contributed by atoms with Gasteiger partial charge < -0.3 is 5.32 Å². The lowest BCUT2D eigenvalue weighted by molar-refractivity contribution is -0.142. The molecular weight excluding hydrogens is 271 g/mol. The lowest BCUT2D eigenvalue weighted by Crippen LogP contribution is -2.17. The Balaban J connectivity index is 1.97. The molecule has 0 atom stereocenters. The van der Waals surface area contributed by atoms with Crippen LogP contribution in [-0.2, 0) is 32.9 Å². The number of halogens is 3. The van der Waals surface area contributed by atoms with E-state index in [0.29, 0.717) is 6.54 Å². The van der Waals surface area contributed by atoms with Crippen LogP contribution in [0.2, 0.25) is 0 Å². The summed E-state index contributed by atoms with van der Waals surface area (Å²) in [6.07, 6.45) is -1.22. The van der Waals surface area contributed by atoms with Crippen molar-refractivity contribution in [3.8, 4) is 0 Å². The van der Waals surface area contributed by atoms with E-state index in [1.807, 2.05) is 19.2 Å². The fraction of sp³-hybridized carbons (Fsp3) is 0.500. The molecule has 0 spiro atoms. The third-order valence-electron chi connectivity index (χ3n) is 2.81. The molecule has 0 bridgehead atoms. The molecule has 2 heterocycles. The summed E-state index contributed by atoms with van der Waals surface area (Å²) in [5.74, 6) is 0. The van der Waals surface area contributed by atoms with Gasteiger partial charge in [0, 0.05) is 44.6 Å². The van der Waals surface area contributed by atoms with Crippen LogP contribution in [0.1, 0.15) is 23.9 Å². The second kappa shape index (κ2) is 5.66. The maximum atomic E-state index is 12.7. The fourth-order valence-electron chi connectivity index (χ4n) is 1.90. The van der Waals surface area contributed by atoms with Gasteiger partial charge in [-0.05, 0) is 13.0 Å². The topological polar surface area (TPSA) is 47.7 Å². The van der Waals surface area contributed by atoms with E-state index >= 15 is 0 Å². The van der Waals surface area contributed by atoms with Crippen molar-refractivity contribution in [2.75, 3.05) is 0 Å². The van der Waals surface area contributed by atoms with Crippen molar-refractivity contribution in [3.63, 3.8) is 0 Å². The molecule has 0 aliphatic heterocycles. The summed E-state index contributed by atoms with van der Waals surface area (Å²) < 4.78 is 41.2. The minimum atomic E-state index is -4.43. The fourth-order valence-corrected chi connectivity index (χ4v) is 1.90. The predicted molar refractivity (Wildman–Crippen MR) is 66.7 cm³/mol. The Kier molecular flexibility index (Phi) is 4.12. The number of rotatable bonds is 5. The third-order valence-corrected chi connectivity index (χ3v) is 2.81. The van der Waals surface area contributed by atoms with Crippen LogP contribution in [0.25, 0.3) is 0 Å². The molecule has 0 unspecified atom stereocenters. The number of aryl methyl sites for hydroxylation is 2. The van der Waals surface area contributed by atoms with Crippen molar-refractivity contribution in [1.82, 2.24) is 24.9 Å². The smallest absolute Gasteiger partial charge is 0.307 e. The minimum Gasteiger partial charge on any atom is -0.307 e. The Morgan fingerprint density at radius 1 is 1.25 bits per heavy atom. The van der Waals surface area contributed by atoms with E-state index in [2.05, 4.69) is 15.5 Å². The monoisotopic (exact) mass is 287 g/mol. The van der Waals surface area contributed by atoms with Gasteiger partial charge in [-0.1, -0.05) is 0 Å². The molecule has 20 heavy (non-hydrogen) atoms. The molecule has 0 amide bonds. The van der Waals surface area contributed by atoms with Crippen LogP contribution in [-0.4, -0.2) is 19.6 Å². The van der Waals surface area contributed by atoms with Gasteiger partial charge in [0.1, 0.15) is 0 Å². The summed E-state index contributed by atoms with van der Waals surface area (Å²) in [7, 11) is 1.47. The van der Waals surface area contributed by atoms with Crippen LogP contribution >= 0.6 is 0 Å². The highest BCUT2D eigenvalue weighted by molar-refractivity contribution is 5.19. The quantitative estimate of drug-likeness (QED) is 0.914. The van der Waals surface area contributed by atoms with Crippen molar-refractivity contribution in [3.05, 3.63) is 35.4 Å². The third kappa shape index (κ3) is 3.38. The molecule has 0 radical (unpaired) electrons. The first-order valence-corrected chi connectivity index (χ1v) is 6.23. The molecule has 2 rings (SSSR count). The highest BCUT2D eigenvalue weighted by Gasteiger charge is 2.36. The van der Waals surface area contributed by atoms with E-state index in [1.165, 1.54) is 17.9 Å². The van der Waals surface area contributed by atoms with Crippen LogP contribution in [0.4, 0.5) is 13.2 Å². The van der Waals surface area contributed by atoms with Gasteiger partial charge in [0.2, 0.25) is 0 Å². The van der Waals surface area contributed by atoms with Gasteiger partial charge in [-0.15, -0.1) is 0 Å². The summed E-state index contributed by atoms with van der Waals surface area (Å²) in [6, 6.07) is 1.84. The van der Waals surface area contributed by atoms with Crippen LogP contribution in [0.5, 0.6) is 0 Å². The maximum absolute atomic E-state index is 12.7. The molecule has 110 valence electrons. The van der Waals surface area contributed by atoms with E-state index in [1.54, 1.807) is 4.68 Å². The standard InChI is InChI=1S/C12H16F3N5/c1-3-20-5-4-10(17-20)7-16-6-9-8-19(2)18-11(9)12(13,14)15/h4-5,8,16H,3,6-7H2,1-2H3. The predicted octanol–water partition coefficient (Wildman–Crippen LogP) is 1.95. The highest BCUT2D eigenvalue weighted by Crippen LogP contribution is 2.30. The van der Waals surface area contributed by atoms with Crippen LogP contribution < -0.4 is 5.32 Å². The van der Waals surface area contributed by atoms with Crippen LogP contribution in [0, 0.1) is 0 Å². The van der Waals surface area contributed by atoms with Gasteiger partial charge in [0.15, 0.2) is 5.69 Å². The van der Waals surface area contributed by atoms with Gasteiger partial charge in [0.05, 0.1) is 5.69 Å². The lowest BCUT2D eigenvalue weighted by atomic mass is 10.2. The van der Waals surface area contributed by atoms with E-state index in [9.17, 15) is 13.2 Å². The molecule has 0 aliphatic carbocycles. The van der Waals surface area contributed by atoms with E-state index in [-0.39, 0.29) is 12.1 Å². The second-order valence-corrected chi connectivity index (χ2v) is 4.44. The van der Waals surface area contributed by atoms with Gasteiger partial charge in [-0.2, -0.15) is 23.4 Å². The van der Waals surface area contributed by atoms with Gasteiger partial charge in [-0.3, -0.25) is 9.36 Å². The number of hydrogen-bond acceptors (Lipinski definition) is 3.